The molecule has 0 saturated heterocycles. The summed E-state index contributed by atoms with van der Waals surface area (Å²) in [5.41, 5.74) is 0. The third-order valence-corrected chi connectivity index (χ3v) is 17.1. The summed E-state index contributed by atoms with van der Waals surface area (Å²) in [6.07, 6.45) is 39.6. The molecule has 45 heavy (non-hydrogen) atoms. The molecule has 0 N–H and O–H groups in total. The average molecular weight is 719 g/mol. The minimum absolute atomic E-state index is 0.284. The van der Waals surface area contributed by atoms with E-state index in [1.807, 2.05) is 43.2 Å². The molecule has 0 aliphatic heterocycles. The van der Waals surface area contributed by atoms with Crippen molar-refractivity contribution >= 4 is 54.5 Å². The van der Waals surface area contributed by atoms with E-state index in [1.54, 1.807) is 11.3 Å². The van der Waals surface area contributed by atoms with E-state index < -0.39 is 0 Å². The lowest BCUT2D eigenvalue weighted by molar-refractivity contribution is 0.520. The summed E-state index contributed by atoms with van der Waals surface area (Å²) in [5.74, 6) is 0. The van der Waals surface area contributed by atoms with E-state index in [1.165, 1.54) is 180 Å². The molecule has 0 amide bonds. The molecule has 0 aliphatic rings. The Balaban J connectivity index is 2.03. The Morgan fingerprint density at radius 2 is 0.644 bits per heavy atom. The summed E-state index contributed by atoms with van der Waals surface area (Å²) in [5, 5.41) is 9.01. The predicted octanol–water partition coefficient (Wildman–Crippen LogP) is 16.5. The van der Waals surface area contributed by atoms with E-state index in [0.717, 1.165) is 8.68 Å². The van der Waals surface area contributed by atoms with Crippen molar-refractivity contribution in [3.63, 3.8) is 0 Å². The van der Waals surface area contributed by atoms with Crippen LogP contribution in [0.4, 0.5) is 0 Å². The summed E-state index contributed by atoms with van der Waals surface area (Å²) < 4.78 is 2.78. The van der Waals surface area contributed by atoms with Crippen molar-refractivity contribution in [1.82, 2.24) is 10.2 Å². The van der Waals surface area contributed by atoms with Crippen LogP contribution in [0.1, 0.15) is 221 Å². The molecule has 0 spiro atoms. The predicted molar refractivity (Wildman–Crippen MR) is 216 cm³/mol. The smallest absolute Gasteiger partial charge is 0.130 e. The lowest BCUT2D eigenvalue weighted by Crippen LogP contribution is -2.12. The summed E-state index contributed by atoms with van der Waals surface area (Å²) in [6.45, 7) is 14.2. The van der Waals surface area contributed by atoms with Crippen molar-refractivity contribution in [2.45, 2.75) is 239 Å². The van der Waals surface area contributed by atoms with Crippen molar-refractivity contribution in [2.75, 3.05) is 0 Å². The van der Waals surface area contributed by atoms with Gasteiger partial charge in [-0.1, -0.05) is 214 Å². The standard InChI is InChI=1S/C38H74N2S5/c1-7-9-11-13-15-17-19-21-23-25-27-29-31-33-37(3,4)44-42-35-39-40-36(41-35)43-45-38(5,6)34-32-30-28-26-24-22-20-18-16-14-12-10-8-2/h7-34H2,1-6H3. The molecule has 1 aromatic heterocycles. The van der Waals surface area contributed by atoms with Crippen LogP contribution in [0.5, 0.6) is 0 Å². The Morgan fingerprint density at radius 3 is 0.911 bits per heavy atom. The lowest BCUT2D eigenvalue weighted by Gasteiger charge is -2.22. The van der Waals surface area contributed by atoms with Crippen molar-refractivity contribution in [3.8, 4) is 0 Å². The molecule has 1 heterocycles. The number of aromatic nitrogens is 2. The first-order valence-corrected chi connectivity index (χ1v) is 24.4. The second-order valence-electron chi connectivity index (χ2n) is 14.7. The Labute approximate surface area is 302 Å². The molecule has 0 fully saturated rings. The highest BCUT2D eigenvalue weighted by Crippen LogP contribution is 2.48. The van der Waals surface area contributed by atoms with E-state index >= 15 is 0 Å². The minimum atomic E-state index is 0.284. The molecule has 0 aliphatic carbocycles. The fourth-order valence-corrected chi connectivity index (χ4v) is 11.9. The molecule has 0 aromatic carbocycles. The number of unbranched alkanes of at least 4 members (excludes halogenated alkanes) is 24. The molecule has 0 radical (unpaired) electrons. The molecular weight excluding hydrogens is 645 g/mol. The van der Waals surface area contributed by atoms with Crippen LogP contribution in [0.15, 0.2) is 8.68 Å². The third-order valence-electron chi connectivity index (χ3n) is 8.83. The van der Waals surface area contributed by atoms with Crippen LogP contribution in [0.25, 0.3) is 0 Å². The van der Waals surface area contributed by atoms with Gasteiger partial charge in [-0.3, -0.25) is 0 Å². The van der Waals surface area contributed by atoms with E-state index in [-0.39, 0.29) is 9.49 Å². The van der Waals surface area contributed by atoms with Gasteiger partial charge in [0.05, 0.1) is 0 Å². The van der Waals surface area contributed by atoms with Gasteiger partial charge in [0, 0.05) is 9.49 Å². The van der Waals surface area contributed by atoms with Crippen LogP contribution in [0.2, 0.25) is 0 Å². The third kappa shape index (κ3) is 28.5. The van der Waals surface area contributed by atoms with Crippen LogP contribution < -0.4 is 0 Å². The van der Waals surface area contributed by atoms with E-state index in [9.17, 15) is 0 Å². The van der Waals surface area contributed by atoms with Crippen LogP contribution in [0, 0.1) is 0 Å². The maximum Gasteiger partial charge on any atom is 0.185 e. The first-order valence-electron chi connectivity index (χ1n) is 19.3. The second kappa shape index (κ2) is 29.8. The zero-order valence-electron chi connectivity index (χ0n) is 30.7. The first-order chi connectivity index (χ1) is 21.8. The molecule has 0 atom stereocenters. The number of hydrogen-bond acceptors (Lipinski definition) is 7. The molecule has 1 aromatic rings. The van der Waals surface area contributed by atoms with Gasteiger partial charge in [-0.05, 0) is 62.1 Å². The molecule has 0 unspecified atom stereocenters. The van der Waals surface area contributed by atoms with Gasteiger partial charge < -0.3 is 0 Å². The molecule has 0 saturated carbocycles. The van der Waals surface area contributed by atoms with Gasteiger partial charge in [-0.25, -0.2) is 0 Å². The highest BCUT2D eigenvalue weighted by Gasteiger charge is 2.22. The SMILES string of the molecule is CCCCCCCCCCCCCCCC(C)(C)SSc1nnc(SSC(C)(C)CCCCCCCCCCCCCCC)s1. The zero-order chi connectivity index (χ0) is 32.9. The van der Waals surface area contributed by atoms with Gasteiger partial charge in [0.2, 0.25) is 0 Å². The number of rotatable bonds is 34. The van der Waals surface area contributed by atoms with Crippen molar-refractivity contribution < 1.29 is 0 Å². The summed E-state index contributed by atoms with van der Waals surface area (Å²) in [4.78, 5) is 0. The fourth-order valence-electron chi connectivity index (χ4n) is 5.78. The maximum absolute atomic E-state index is 4.51. The summed E-state index contributed by atoms with van der Waals surface area (Å²) >= 11 is 1.77. The maximum atomic E-state index is 4.51. The minimum Gasteiger partial charge on any atom is -0.130 e. The van der Waals surface area contributed by atoms with Gasteiger partial charge in [-0.2, -0.15) is 0 Å². The zero-order valence-corrected chi connectivity index (χ0v) is 34.8. The van der Waals surface area contributed by atoms with Gasteiger partial charge in [0.1, 0.15) is 0 Å². The molecule has 1 rings (SSSR count). The van der Waals surface area contributed by atoms with E-state index in [4.69, 9.17) is 0 Å². The Kier molecular flexibility index (Phi) is 29.2. The topological polar surface area (TPSA) is 25.8 Å². The Bertz CT molecular complexity index is 707. The normalized spacial score (nSPS) is 12.4. The quantitative estimate of drug-likeness (QED) is 0.0520. The van der Waals surface area contributed by atoms with Crippen molar-refractivity contribution in [3.05, 3.63) is 0 Å². The Hall–Kier alpha value is 0.960. The second-order valence-corrected chi connectivity index (χ2v) is 21.8. The van der Waals surface area contributed by atoms with Gasteiger partial charge in [0.15, 0.2) is 8.68 Å². The summed E-state index contributed by atoms with van der Waals surface area (Å²) in [6, 6.07) is 0. The van der Waals surface area contributed by atoms with Crippen LogP contribution in [0.3, 0.4) is 0 Å². The molecular formula is C38H74N2S5. The summed E-state index contributed by atoms with van der Waals surface area (Å²) in [7, 11) is 7.65. The van der Waals surface area contributed by atoms with E-state index in [2.05, 4.69) is 51.7 Å². The number of nitrogens with zero attached hydrogens (tertiary/aromatic N) is 2. The van der Waals surface area contributed by atoms with Crippen LogP contribution in [-0.4, -0.2) is 19.7 Å². The van der Waals surface area contributed by atoms with Gasteiger partial charge in [-0.15, -0.1) is 10.2 Å². The van der Waals surface area contributed by atoms with Gasteiger partial charge in [0.25, 0.3) is 0 Å². The molecule has 266 valence electrons. The lowest BCUT2D eigenvalue weighted by atomic mass is 10.0. The average Bonchev–Trinajstić information content (AvgIpc) is 3.48. The monoisotopic (exact) mass is 718 g/mol. The first kappa shape index (κ1) is 44.0. The Morgan fingerprint density at radius 1 is 0.400 bits per heavy atom. The molecule has 7 heteroatoms. The van der Waals surface area contributed by atoms with Crippen LogP contribution in [-0.2, 0) is 0 Å². The highest BCUT2D eigenvalue weighted by molar-refractivity contribution is 8.78. The van der Waals surface area contributed by atoms with Gasteiger partial charge >= 0.3 is 0 Å². The number of hydrogen-bond donors (Lipinski definition) is 0. The van der Waals surface area contributed by atoms with Crippen LogP contribution >= 0.6 is 54.5 Å². The van der Waals surface area contributed by atoms with E-state index in [0.29, 0.717) is 0 Å². The van der Waals surface area contributed by atoms with Crippen molar-refractivity contribution in [1.29, 1.82) is 0 Å². The highest BCUT2D eigenvalue weighted by atomic mass is 33.1. The fraction of sp³-hybridized carbons (Fsp3) is 0.947. The molecule has 0 bridgehead atoms. The van der Waals surface area contributed by atoms with Crippen molar-refractivity contribution in [2.24, 2.45) is 0 Å². The molecule has 2 nitrogen and oxygen atoms in total. The largest absolute Gasteiger partial charge is 0.185 e.